The summed E-state index contributed by atoms with van der Waals surface area (Å²) in [5.41, 5.74) is 3.87. The maximum absolute atomic E-state index is 4.29. The Bertz CT molecular complexity index is 474. The van der Waals surface area contributed by atoms with Crippen LogP contribution in [0.1, 0.15) is 11.1 Å². The highest BCUT2D eigenvalue weighted by Crippen LogP contribution is 2.31. The molecule has 0 unspecified atom stereocenters. The van der Waals surface area contributed by atoms with Crippen molar-refractivity contribution in [3.63, 3.8) is 0 Å². The van der Waals surface area contributed by atoms with Gasteiger partial charge in [0.15, 0.2) is 5.13 Å². The highest BCUT2D eigenvalue weighted by atomic mass is 32.1. The normalized spacial score (nSPS) is 10.3. The number of hydrogen-bond acceptors (Lipinski definition) is 3. The van der Waals surface area contributed by atoms with Crippen molar-refractivity contribution in [1.29, 1.82) is 0 Å². The molecule has 1 aromatic carbocycles. The minimum Gasteiger partial charge on any atom is -0.365 e. The average Bonchev–Trinajstić information content (AvgIpc) is 2.70. The molecule has 0 bridgehead atoms. The molecule has 0 aliphatic carbocycles. The van der Waals surface area contributed by atoms with Crippen molar-refractivity contribution in [2.75, 3.05) is 12.4 Å². The summed E-state index contributed by atoms with van der Waals surface area (Å²) >= 11 is 1.69. The summed E-state index contributed by atoms with van der Waals surface area (Å²) < 4.78 is 0. The predicted molar refractivity (Wildman–Crippen MR) is 66.6 cm³/mol. The van der Waals surface area contributed by atoms with Crippen LogP contribution >= 0.6 is 11.3 Å². The van der Waals surface area contributed by atoms with Crippen molar-refractivity contribution >= 4 is 16.5 Å². The summed E-state index contributed by atoms with van der Waals surface area (Å²) in [6.07, 6.45) is 1.93. The van der Waals surface area contributed by atoms with Gasteiger partial charge in [-0.1, -0.05) is 35.1 Å². The summed E-state index contributed by atoms with van der Waals surface area (Å²) in [4.78, 5) is 5.51. The van der Waals surface area contributed by atoms with Crippen molar-refractivity contribution in [3.05, 3.63) is 35.5 Å². The monoisotopic (exact) mass is 218 g/mol. The molecule has 0 amide bonds. The van der Waals surface area contributed by atoms with Crippen molar-refractivity contribution in [3.8, 4) is 10.4 Å². The van der Waals surface area contributed by atoms with Crippen LogP contribution in [0.5, 0.6) is 0 Å². The Morgan fingerprint density at radius 2 is 2.07 bits per heavy atom. The third-order valence-corrected chi connectivity index (χ3v) is 3.43. The molecule has 0 saturated carbocycles. The summed E-state index contributed by atoms with van der Waals surface area (Å²) in [6, 6.07) is 6.50. The minimum absolute atomic E-state index is 0.964. The quantitative estimate of drug-likeness (QED) is 0.835. The molecule has 2 aromatic rings. The van der Waals surface area contributed by atoms with Crippen LogP contribution in [-0.4, -0.2) is 12.0 Å². The van der Waals surface area contributed by atoms with E-state index in [0.29, 0.717) is 0 Å². The molecule has 0 aliphatic rings. The molecule has 0 fully saturated rings. The van der Waals surface area contributed by atoms with E-state index in [1.807, 2.05) is 13.2 Å². The van der Waals surface area contributed by atoms with Crippen LogP contribution in [0.25, 0.3) is 10.4 Å². The maximum atomic E-state index is 4.29. The lowest BCUT2D eigenvalue weighted by Crippen LogP contribution is -1.83. The second-order valence-corrected chi connectivity index (χ2v) is 4.63. The van der Waals surface area contributed by atoms with Gasteiger partial charge in [0.25, 0.3) is 0 Å². The first-order valence-electron chi connectivity index (χ1n) is 4.92. The van der Waals surface area contributed by atoms with Crippen LogP contribution in [0.4, 0.5) is 5.13 Å². The van der Waals surface area contributed by atoms with Crippen LogP contribution in [-0.2, 0) is 0 Å². The van der Waals surface area contributed by atoms with Gasteiger partial charge in [-0.2, -0.15) is 0 Å². The predicted octanol–water partition coefficient (Wildman–Crippen LogP) is 3.47. The molecular formula is C12H14N2S. The van der Waals surface area contributed by atoms with Gasteiger partial charge in [-0.15, -0.1) is 0 Å². The third-order valence-electron chi connectivity index (χ3n) is 2.38. The lowest BCUT2D eigenvalue weighted by atomic mass is 10.1. The van der Waals surface area contributed by atoms with Crippen LogP contribution in [0, 0.1) is 13.8 Å². The molecule has 0 aliphatic heterocycles. The Hall–Kier alpha value is -1.35. The maximum Gasteiger partial charge on any atom is 0.182 e. The van der Waals surface area contributed by atoms with E-state index in [0.717, 1.165) is 5.13 Å². The Kier molecular flexibility index (Phi) is 2.73. The van der Waals surface area contributed by atoms with Crippen molar-refractivity contribution < 1.29 is 0 Å². The minimum atomic E-state index is 0.964. The molecule has 1 aromatic heterocycles. The number of thiazole rings is 1. The average molecular weight is 218 g/mol. The number of aryl methyl sites for hydroxylation is 2. The molecule has 78 valence electrons. The molecule has 0 saturated heterocycles. The van der Waals surface area contributed by atoms with E-state index in [1.165, 1.54) is 21.6 Å². The summed E-state index contributed by atoms with van der Waals surface area (Å²) in [6.45, 7) is 4.25. The second kappa shape index (κ2) is 4.03. The van der Waals surface area contributed by atoms with E-state index in [4.69, 9.17) is 0 Å². The van der Waals surface area contributed by atoms with E-state index in [2.05, 4.69) is 42.3 Å². The third kappa shape index (κ3) is 2.02. The van der Waals surface area contributed by atoms with E-state index >= 15 is 0 Å². The van der Waals surface area contributed by atoms with Crippen LogP contribution in [0.3, 0.4) is 0 Å². The highest BCUT2D eigenvalue weighted by molar-refractivity contribution is 7.18. The Balaban J connectivity index is 2.48. The second-order valence-electron chi connectivity index (χ2n) is 3.60. The van der Waals surface area contributed by atoms with Crippen LogP contribution in [0.15, 0.2) is 24.4 Å². The topological polar surface area (TPSA) is 24.9 Å². The molecule has 0 atom stereocenters. The van der Waals surface area contributed by atoms with Gasteiger partial charge in [-0.25, -0.2) is 4.98 Å². The number of nitrogens with zero attached hydrogens (tertiary/aromatic N) is 1. The summed E-state index contributed by atoms with van der Waals surface area (Å²) in [5.74, 6) is 0. The van der Waals surface area contributed by atoms with Crippen molar-refractivity contribution in [2.24, 2.45) is 0 Å². The van der Waals surface area contributed by atoms with E-state index in [1.54, 1.807) is 11.3 Å². The molecule has 2 rings (SSSR count). The number of nitrogens with one attached hydrogen (secondary N) is 1. The summed E-state index contributed by atoms with van der Waals surface area (Å²) in [5, 5.41) is 4.02. The van der Waals surface area contributed by atoms with Gasteiger partial charge in [-0.3, -0.25) is 0 Å². The Morgan fingerprint density at radius 1 is 1.27 bits per heavy atom. The lowest BCUT2D eigenvalue weighted by Gasteiger charge is -2.03. The van der Waals surface area contributed by atoms with Crippen LogP contribution < -0.4 is 5.32 Å². The number of benzene rings is 1. The molecular weight excluding hydrogens is 204 g/mol. The fourth-order valence-electron chi connectivity index (χ4n) is 1.52. The molecule has 1 N–H and O–H groups in total. The van der Waals surface area contributed by atoms with Gasteiger partial charge >= 0.3 is 0 Å². The fraction of sp³-hybridized carbons (Fsp3) is 0.250. The molecule has 0 radical (unpaired) electrons. The van der Waals surface area contributed by atoms with E-state index in [-0.39, 0.29) is 0 Å². The Labute approximate surface area is 94.0 Å². The first-order chi connectivity index (χ1) is 7.20. The largest absolute Gasteiger partial charge is 0.365 e. The van der Waals surface area contributed by atoms with E-state index in [9.17, 15) is 0 Å². The summed E-state index contributed by atoms with van der Waals surface area (Å²) in [7, 11) is 1.89. The molecule has 15 heavy (non-hydrogen) atoms. The van der Waals surface area contributed by atoms with Crippen LogP contribution in [0.2, 0.25) is 0 Å². The van der Waals surface area contributed by atoms with Gasteiger partial charge in [0, 0.05) is 13.2 Å². The van der Waals surface area contributed by atoms with Gasteiger partial charge < -0.3 is 5.32 Å². The van der Waals surface area contributed by atoms with Gasteiger partial charge in [0.05, 0.1) is 4.88 Å². The number of rotatable bonds is 2. The first-order valence-corrected chi connectivity index (χ1v) is 5.73. The van der Waals surface area contributed by atoms with Gasteiger partial charge in [-0.05, 0) is 25.0 Å². The van der Waals surface area contributed by atoms with Gasteiger partial charge in [0.2, 0.25) is 0 Å². The molecule has 2 nitrogen and oxygen atoms in total. The Morgan fingerprint density at radius 3 is 2.73 bits per heavy atom. The van der Waals surface area contributed by atoms with Crippen molar-refractivity contribution in [1.82, 2.24) is 4.98 Å². The zero-order chi connectivity index (χ0) is 10.8. The highest BCUT2D eigenvalue weighted by Gasteiger charge is 2.06. The van der Waals surface area contributed by atoms with Gasteiger partial charge in [0.1, 0.15) is 0 Å². The SMILES string of the molecule is CNc1ncc(-c2cc(C)ccc2C)s1. The number of hydrogen-bond donors (Lipinski definition) is 1. The standard InChI is InChI=1S/C12H14N2S/c1-8-4-5-9(2)10(6-8)11-7-14-12(13-3)15-11/h4-7H,1-3H3,(H,13,14). The fourth-order valence-corrected chi connectivity index (χ4v) is 2.37. The first kappa shape index (κ1) is 10.2. The molecule has 3 heteroatoms. The number of anilines is 1. The zero-order valence-corrected chi connectivity index (χ0v) is 9.98. The lowest BCUT2D eigenvalue weighted by molar-refractivity contribution is 1.36. The molecule has 0 spiro atoms. The smallest absolute Gasteiger partial charge is 0.182 e. The molecule has 1 heterocycles. The zero-order valence-electron chi connectivity index (χ0n) is 9.16. The van der Waals surface area contributed by atoms with E-state index < -0.39 is 0 Å². The number of aromatic nitrogens is 1. The van der Waals surface area contributed by atoms with Crippen molar-refractivity contribution in [2.45, 2.75) is 13.8 Å².